The maximum atomic E-state index is 12.6. The summed E-state index contributed by atoms with van der Waals surface area (Å²) in [6, 6.07) is 4.61. The van der Waals surface area contributed by atoms with Crippen LogP contribution in [0, 0.1) is 0 Å². The Kier molecular flexibility index (Phi) is 5.74. The molecule has 0 aliphatic rings. The van der Waals surface area contributed by atoms with Crippen LogP contribution in [0.2, 0.25) is 0 Å². The Balaban J connectivity index is 3.27. The minimum atomic E-state index is -4.38. The number of benzene rings is 1. The van der Waals surface area contributed by atoms with Gasteiger partial charge < -0.3 is 10.0 Å². The summed E-state index contributed by atoms with van der Waals surface area (Å²) < 4.78 is 37.7. The monoisotopic (exact) mass is 307 g/mol. The van der Waals surface area contributed by atoms with Crippen molar-refractivity contribution in [1.29, 1.82) is 0 Å². The van der Waals surface area contributed by atoms with Gasteiger partial charge in [0.2, 0.25) is 0 Å². The van der Waals surface area contributed by atoms with E-state index in [0.29, 0.717) is 10.6 Å². The van der Waals surface area contributed by atoms with E-state index in [1.807, 2.05) is 6.92 Å². The van der Waals surface area contributed by atoms with Crippen LogP contribution in [0.4, 0.5) is 18.9 Å². The fourth-order valence-electron chi connectivity index (χ4n) is 1.86. The lowest BCUT2D eigenvalue weighted by Crippen LogP contribution is -2.35. The van der Waals surface area contributed by atoms with Gasteiger partial charge in [0.05, 0.1) is 11.3 Å². The average molecular weight is 307 g/mol. The van der Waals surface area contributed by atoms with E-state index in [-0.39, 0.29) is 17.8 Å². The van der Waals surface area contributed by atoms with Gasteiger partial charge in [0.25, 0.3) is 0 Å². The van der Waals surface area contributed by atoms with E-state index in [2.05, 4.69) is 0 Å². The van der Waals surface area contributed by atoms with Gasteiger partial charge in [-0.25, -0.2) is 4.79 Å². The standard InChI is InChI=1S/C13H16F3NO2S/c1-3-17(8-13(14,15)16)9-6-5-7-10(20-4-2)11(9)12(18)19/h5-7H,3-4,8H2,1-2H3,(H,18,19). The summed E-state index contributed by atoms with van der Waals surface area (Å²) in [5, 5.41) is 9.29. The Hall–Kier alpha value is -1.37. The van der Waals surface area contributed by atoms with E-state index in [1.54, 1.807) is 19.1 Å². The molecule has 0 aliphatic heterocycles. The highest BCUT2D eigenvalue weighted by molar-refractivity contribution is 7.99. The number of aromatic carboxylic acids is 1. The van der Waals surface area contributed by atoms with Crippen molar-refractivity contribution in [1.82, 2.24) is 0 Å². The van der Waals surface area contributed by atoms with Gasteiger partial charge in [-0.1, -0.05) is 13.0 Å². The number of thioether (sulfide) groups is 1. The molecule has 20 heavy (non-hydrogen) atoms. The number of rotatable bonds is 6. The fourth-order valence-corrected chi connectivity index (χ4v) is 2.68. The first-order valence-corrected chi connectivity index (χ1v) is 7.09. The van der Waals surface area contributed by atoms with Crippen molar-refractivity contribution >= 4 is 23.4 Å². The highest BCUT2D eigenvalue weighted by Gasteiger charge is 2.32. The van der Waals surface area contributed by atoms with Crippen molar-refractivity contribution in [2.45, 2.75) is 24.9 Å². The Morgan fingerprint density at radius 2 is 2.00 bits per heavy atom. The van der Waals surface area contributed by atoms with Gasteiger partial charge in [-0.05, 0) is 24.8 Å². The number of nitrogens with zero attached hydrogens (tertiary/aromatic N) is 1. The van der Waals surface area contributed by atoms with Crippen LogP contribution in [0.15, 0.2) is 23.1 Å². The van der Waals surface area contributed by atoms with E-state index in [0.717, 1.165) is 4.90 Å². The van der Waals surface area contributed by atoms with E-state index >= 15 is 0 Å². The van der Waals surface area contributed by atoms with E-state index < -0.39 is 18.7 Å². The molecule has 0 atom stereocenters. The maximum Gasteiger partial charge on any atom is 0.405 e. The molecule has 0 aliphatic carbocycles. The molecule has 7 heteroatoms. The predicted molar refractivity (Wildman–Crippen MR) is 73.7 cm³/mol. The van der Waals surface area contributed by atoms with Crippen LogP contribution in [0.25, 0.3) is 0 Å². The molecule has 1 rings (SSSR count). The summed E-state index contributed by atoms with van der Waals surface area (Å²) in [7, 11) is 0. The predicted octanol–water partition coefficient (Wildman–Crippen LogP) is 3.89. The molecule has 0 saturated heterocycles. The number of hydrogen-bond donors (Lipinski definition) is 1. The quantitative estimate of drug-likeness (QED) is 0.810. The zero-order chi connectivity index (χ0) is 15.3. The molecular weight excluding hydrogens is 291 g/mol. The van der Waals surface area contributed by atoms with E-state index in [1.165, 1.54) is 17.8 Å². The second-order valence-corrected chi connectivity index (χ2v) is 5.32. The van der Waals surface area contributed by atoms with Crippen molar-refractivity contribution in [2.24, 2.45) is 0 Å². The molecule has 0 amide bonds. The fraction of sp³-hybridized carbons (Fsp3) is 0.462. The summed E-state index contributed by atoms with van der Waals surface area (Å²) in [6.07, 6.45) is -4.38. The van der Waals surface area contributed by atoms with Crippen LogP contribution >= 0.6 is 11.8 Å². The zero-order valence-electron chi connectivity index (χ0n) is 11.2. The molecule has 0 bridgehead atoms. The minimum Gasteiger partial charge on any atom is -0.478 e. The number of carbonyl (C=O) groups is 1. The highest BCUT2D eigenvalue weighted by atomic mass is 32.2. The van der Waals surface area contributed by atoms with Crippen molar-refractivity contribution in [2.75, 3.05) is 23.7 Å². The maximum absolute atomic E-state index is 12.6. The molecule has 0 fully saturated rings. The van der Waals surface area contributed by atoms with Crippen LogP contribution in [-0.4, -0.2) is 36.1 Å². The lowest BCUT2D eigenvalue weighted by molar-refractivity contribution is -0.119. The molecule has 0 radical (unpaired) electrons. The number of hydrogen-bond acceptors (Lipinski definition) is 3. The second kappa shape index (κ2) is 6.88. The lowest BCUT2D eigenvalue weighted by Gasteiger charge is -2.26. The largest absolute Gasteiger partial charge is 0.478 e. The molecule has 3 nitrogen and oxygen atoms in total. The summed E-state index contributed by atoms with van der Waals surface area (Å²) in [4.78, 5) is 12.9. The van der Waals surface area contributed by atoms with Crippen molar-refractivity contribution < 1.29 is 23.1 Å². The molecule has 0 unspecified atom stereocenters. The third-order valence-corrected chi connectivity index (χ3v) is 3.55. The number of carboxylic acids is 1. The van der Waals surface area contributed by atoms with Crippen LogP contribution in [-0.2, 0) is 0 Å². The SMILES string of the molecule is CCSc1cccc(N(CC)CC(F)(F)F)c1C(=O)O. The van der Waals surface area contributed by atoms with Crippen LogP contribution in [0.5, 0.6) is 0 Å². The van der Waals surface area contributed by atoms with E-state index in [9.17, 15) is 23.1 Å². The van der Waals surface area contributed by atoms with Gasteiger partial charge in [0.15, 0.2) is 0 Å². The molecule has 0 saturated carbocycles. The molecular formula is C13H16F3NO2S. The molecule has 0 spiro atoms. The molecule has 1 aromatic rings. The van der Waals surface area contributed by atoms with Crippen LogP contribution < -0.4 is 4.90 Å². The van der Waals surface area contributed by atoms with Gasteiger partial charge in [-0.2, -0.15) is 13.2 Å². The Bertz CT molecular complexity index is 477. The molecule has 1 aromatic carbocycles. The average Bonchev–Trinajstić information content (AvgIpc) is 2.34. The molecule has 1 N–H and O–H groups in total. The first kappa shape index (κ1) is 16.7. The van der Waals surface area contributed by atoms with Crippen molar-refractivity contribution in [3.05, 3.63) is 23.8 Å². The van der Waals surface area contributed by atoms with Gasteiger partial charge in [-0.15, -0.1) is 11.8 Å². The first-order valence-electron chi connectivity index (χ1n) is 6.11. The summed E-state index contributed by atoms with van der Waals surface area (Å²) in [6.45, 7) is 2.34. The van der Waals surface area contributed by atoms with Crippen molar-refractivity contribution in [3.8, 4) is 0 Å². The normalized spacial score (nSPS) is 11.4. The molecule has 0 aromatic heterocycles. The molecule has 0 heterocycles. The van der Waals surface area contributed by atoms with Crippen molar-refractivity contribution in [3.63, 3.8) is 0 Å². The third-order valence-electron chi connectivity index (χ3n) is 2.61. The van der Waals surface area contributed by atoms with Crippen LogP contribution in [0.1, 0.15) is 24.2 Å². The second-order valence-electron chi connectivity index (χ2n) is 4.02. The third kappa shape index (κ3) is 4.33. The van der Waals surface area contributed by atoms with Crippen LogP contribution in [0.3, 0.4) is 0 Å². The Morgan fingerprint density at radius 1 is 1.35 bits per heavy atom. The lowest BCUT2D eigenvalue weighted by atomic mass is 10.1. The minimum absolute atomic E-state index is 0.0644. The number of carboxylic acid groups (broad SMARTS) is 1. The summed E-state index contributed by atoms with van der Waals surface area (Å²) in [5.74, 6) is -0.563. The first-order chi connectivity index (χ1) is 9.30. The van der Waals surface area contributed by atoms with Gasteiger partial charge >= 0.3 is 12.1 Å². The Morgan fingerprint density at radius 3 is 2.45 bits per heavy atom. The molecule has 112 valence electrons. The number of anilines is 1. The Labute approximate surface area is 119 Å². The van der Waals surface area contributed by atoms with Gasteiger partial charge in [0, 0.05) is 11.4 Å². The van der Waals surface area contributed by atoms with Gasteiger partial charge in [-0.3, -0.25) is 0 Å². The number of alkyl halides is 3. The number of halogens is 3. The van der Waals surface area contributed by atoms with E-state index in [4.69, 9.17) is 0 Å². The summed E-state index contributed by atoms with van der Waals surface area (Å²) in [5.41, 5.74) is 0.0428. The topological polar surface area (TPSA) is 40.5 Å². The smallest absolute Gasteiger partial charge is 0.405 e. The highest BCUT2D eigenvalue weighted by Crippen LogP contribution is 2.32. The zero-order valence-corrected chi connectivity index (χ0v) is 12.0. The summed E-state index contributed by atoms with van der Waals surface area (Å²) >= 11 is 1.30. The van der Waals surface area contributed by atoms with Gasteiger partial charge in [0.1, 0.15) is 6.54 Å².